The molecule has 1 N–H and O–H groups in total. The molecule has 0 saturated carbocycles. The molecule has 2 unspecified atom stereocenters. The van der Waals surface area contributed by atoms with Crippen LogP contribution in [0.5, 0.6) is 0 Å². The second-order valence-electron chi connectivity index (χ2n) is 6.87. The van der Waals surface area contributed by atoms with E-state index in [2.05, 4.69) is 64.2 Å². The number of rotatable bonds is 1. The highest BCUT2D eigenvalue weighted by Gasteiger charge is 2.32. The second-order valence-corrected chi connectivity index (χ2v) is 6.87. The molecular weight excluding hydrogens is 218 g/mol. The Morgan fingerprint density at radius 3 is 2.56 bits per heavy atom. The van der Waals surface area contributed by atoms with Gasteiger partial charge in [0.15, 0.2) is 0 Å². The van der Waals surface area contributed by atoms with Gasteiger partial charge in [-0.15, -0.1) is 0 Å². The van der Waals surface area contributed by atoms with Crippen LogP contribution in [-0.2, 0) is 12.0 Å². The Bertz CT molecular complexity index is 406. The van der Waals surface area contributed by atoms with Gasteiger partial charge < -0.3 is 5.32 Å². The van der Waals surface area contributed by atoms with Gasteiger partial charge in [-0.05, 0) is 34.8 Å². The van der Waals surface area contributed by atoms with Crippen LogP contribution in [-0.4, -0.2) is 6.04 Å². The number of hydrogen-bond donors (Lipinski definition) is 1. The molecule has 0 bridgehead atoms. The molecule has 0 aliphatic carbocycles. The molecule has 1 aromatic carbocycles. The number of nitrogens with one attached hydrogen (secondary N) is 1. The first-order valence-corrected chi connectivity index (χ1v) is 7.23. The largest absolute Gasteiger partial charge is 0.309 e. The molecule has 1 aliphatic rings. The van der Waals surface area contributed by atoms with Gasteiger partial charge in [0, 0.05) is 12.6 Å². The molecule has 1 aromatic rings. The Balaban J connectivity index is 2.37. The van der Waals surface area contributed by atoms with Crippen molar-refractivity contribution in [2.24, 2.45) is 11.8 Å². The summed E-state index contributed by atoms with van der Waals surface area (Å²) in [6.07, 6.45) is 1.25. The molecule has 18 heavy (non-hydrogen) atoms. The zero-order valence-electron chi connectivity index (χ0n) is 12.5. The smallest absolute Gasteiger partial charge is 0.0211 e. The quantitative estimate of drug-likeness (QED) is 0.785. The van der Waals surface area contributed by atoms with Gasteiger partial charge in [0.25, 0.3) is 0 Å². The molecule has 100 valence electrons. The standard InChI is InChI=1S/C17H27N/c1-12(2)16-13(3)10-17(4,5)15-9-7-6-8-14(15)11-18-16/h6-9,12-13,16,18H,10-11H2,1-5H3. The normalized spacial score (nSPS) is 27.4. The summed E-state index contributed by atoms with van der Waals surface area (Å²) < 4.78 is 0. The van der Waals surface area contributed by atoms with Crippen molar-refractivity contribution in [3.05, 3.63) is 35.4 Å². The van der Waals surface area contributed by atoms with Crippen LogP contribution in [0.2, 0.25) is 0 Å². The van der Waals surface area contributed by atoms with Gasteiger partial charge in [-0.25, -0.2) is 0 Å². The predicted octanol–water partition coefficient (Wildman–Crippen LogP) is 4.12. The summed E-state index contributed by atoms with van der Waals surface area (Å²) in [7, 11) is 0. The molecule has 1 nitrogen and oxygen atoms in total. The van der Waals surface area contributed by atoms with Crippen molar-refractivity contribution in [3.8, 4) is 0 Å². The molecule has 0 spiro atoms. The van der Waals surface area contributed by atoms with Crippen LogP contribution >= 0.6 is 0 Å². The maximum atomic E-state index is 3.76. The summed E-state index contributed by atoms with van der Waals surface area (Å²) >= 11 is 0. The minimum atomic E-state index is 0.283. The third-order valence-electron chi connectivity index (χ3n) is 4.44. The first-order valence-electron chi connectivity index (χ1n) is 7.23. The van der Waals surface area contributed by atoms with Crippen molar-refractivity contribution in [1.82, 2.24) is 5.32 Å². The Hall–Kier alpha value is -0.820. The summed E-state index contributed by atoms with van der Waals surface area (Å²) in [5.74, 6) is 1.41. The minimum Gasteiger partial charge on any atom is -0.309 e. The van der Waals surface area contributed by atoms with E-state index < -0.39 is 0 Å². The first kappa shape index (κ1) is 13.6. The van der Waals surface area contributed by atoms with Gasteiger partial charge in [-0.1, -0.05) is 58.9 Å². The molecule has 2 rings (SSSR count). The predicted molar refractivity (Wildman–Crippen MR) is 78.7 cm³/mol. The van der Waals surface area contributed by atoms with Crippen molar-refractivity contribution >= 4 is 0 Å². The highest BCUT2D eigenvalue weighted by Crippen LogP contribution is 2.36. The van der Waals surface area contributed by atoms with Crippen molar-refractivity contribution in [2.45, 2.75) is 59.0 Å². The average Bonchev–Trinajstić information content (AvgIpc) is 2.27. The van der Waals surface area contributed by atoms with Crippen molar-refractivity contribution in [2.75, 3.05) is 0 Å². The van der Waals surface area contributed by atoms with Crippen LogP contribution in [0.1, 0.15) is 52.2 Å². The lowest BCUT2D eigenvalue weighted by molar-refractivity contribution is 0.236. The third-order valence-corrected chi connectivity index (χ3v) is 4.44. The van der Waals surface area contributed by atoms with Crippen LogP contribution in [0.15, 0.2) is 24.3 Å². The highest BCUT2D eigenvalue weighted by molar-refractivity contribution is 5.34. The molecule has 1 heterocycles. The van der Waals surface area contributed by atoms with Crippen molar-refractivity contribution in [1.29, 1.82) is 0 Å². The van der Waals surface area contributed by atoms with Crippen molar-refractivity contribution < 1.29 is 0 Å². The van der Waals surface area contributed by atoms with E-state index in [1.165, 1.54) is 17.5 Å². The van der Waals surface area contributed by atoms with Crippen molar-refractivity contribution in [3.63, 3.8) is 0 Å². The summed E-state index contributed by atoms with van der Waals surface area (Å²) in [5.41, 5.74) is 3.28. The van der Waals surface area contributed by atoms with Crippen LogP contribution in [0.3, 0.4) is 0 Å². The van der Waals surface area contributed by atoms with Crippen LogP contribution < -0.4 is 5.32 Å². The molecule has 1 aliphatic heterocycles. The van der Waals surface area contributed by atoms with E-state index >= 15 is 0 Å². The van der Waals surface area contributed by atoms with Gasteiger partial charge in [0.05, 0.1) is 0 Å². The number of fused-ring (bicyclic) bond motifs is 1. The fourth-order valence-electron chi connectivity index (χ4n) is 3.70. The molecule has 0 radical (unpaired) electrons. The monoisotopic (exact) mass is 245 g/mol. The molecule has 0 saturated heterocycles. The Morgan fingerprint density at radius 2 is 1.89 bits per heavy atom. The molecule has 0 fully saturated rings. The zero-order chi connectivity index (χ0) is 13.3. The maximum Gasteiger partial charge on any atom is 0.0211 e. The Kier molecular flexibility index (Phi) is 3.82. The Morgan fingerprint density at radius 1 is 1.22 bits per heavy atom. The maximum absolute atomic E-state index is 3.76. The second kappa shape index (κ2) is 5.05. The minimum absolute atomic E-state index is 0.283. The highest BCUT2D eigenvalue weighted by atomic mass is 14.9. The van der Waals surface area contributed by atoms with E-state index in [9.17, 15) is 0 Å². The van der Waals surface area contributed by atoms with E-state index in [4.69, 9.17) is 0 Å². The van der Waals surface area contributed by atoms with Gasteiger partial charge in [-0.2, -0.15) is 0 Å². The lowest BCUT2D eigenvalue weighted by Gasteiger charge is -2.39. The van der Waals surface area contributed by atoms with Crippen LogP contribution in [0.25, 0.3) is 0 Å². The Labute approximate surface area is 112 Å². The molecule has 2 atom stereocenters. The fourth-order valence-corrected chi connectivity index (χ4v) is 3.70. The molecule has 1 heteroatoms. The van der Waals surface area contributed by atoms with E-state index in [1.54, 1.807) is 0 Å². The van der Waals surface area contributed by atoms with Gasteiger partial charge >= 0.3 is 0 Å². The lowest BCUT2D eigenvalue weighted by atomic mass is 9.71. The summed E-state index contributed by atoms with van der Waals surface area (Å²) in [6, 6.07) is 9.54. The van der Waals surface area contributed by atoms with E-state index in [0.717, 1.165) is 6.54 Å². The molecular formula is C17H27N. The summed E-state index contributed by atoms with van der Waals surface area (Å²) in [6.45, 7) is 12.8. The van der Waals surface area contributed by atoms with Gasteiger partial charge in [0.2, 0.25) is 0 Å². The van der Waals surface area contributed by atoms with Crippen LogP contribution in [0, 0.1) is 11.8 Å². The molecule has 0 aromatic heterocycles. The SMILES string of the molecule is CC(C)C1NCc2ccccc2C(C)(C)CC1C. The van der Waals surface area contributed by atoms with E-state index in [-0.39, 0.29) is 5.41 Å². The topological polar surface area (TPSA) is 12.0 Å². The lowest BCUT2D eigenvalue weighted by Crippen LogP contribution is -2.43. The zero-order valence-corrected chi connectivity index (χ0v) is 12.5. The van der Waals surface area contributed by atoms with Gasteiger partial charge in [-0.3, -0.25) is 0 Å². The number of benzene rings is 1. The number of hydrogen-bond acceptors (Lipinski definition) is 1. The van der Waals surface area contributed by atoms with Crippen LogP contribution in [0.4, 0.5) is 0 Å². The van der Waals surface area contributed by atoms with E-state index in [0.29, 0.717) is 17.9 Å². The third kappa shape index (κ3) is 2.61. The van der Waals surface area contributed by atoms with Gasteiger partial charge in [0.1, 0.15) is 0 Å². The average molecular weight is 245 g/mol. The fraction of sp³-hybridized carbons (Fsp3) is 0.647. The summed E-state index contributed by atoms with van der Waals surface area (Å²) in [4.78, 5) is 0. The van der Waals surface area contributed by atoms with E-state index in [1.807, 2.05) is 0 Å². The first-order chi connectivity index (χ1) is 8.42. The molecule has 0 amide bonds. The summed E-state index contributed by atoms with van der Waals surface area (Å²) in [5, 5.41) is 3.76.